The van der Waals surface area contributed by atoms with Gasteiger partial charge < -0.3 is 20.7 Å². The van der Waals surface area contributed by atoms with Crippen molar-refractivity contribution in [3.05, 3.63) is 130 Å². The van der Waals surface area contributed by atoms with Crippen molar-refractivity contribution in [1.82, 2.24) is 20.6 Å². The summed E-state index contributed by atoms with van der Waals surface area (Å²) in [5, 5.41) is 18.3. The van der Waals surface area contributed by atoms with Gasteiger partial charge in [-0.2, -0.15) is 0 Å². The zero-order chi connectivity index (χ0) is 29.1. The second-order valence-corrected chi connectivity index (χ2v) is 11.3. The zero-order valence-electron chi connectivity index (χ0n) is 22.5. The Bertz CT molecular complexity index is 1930. The molecular weight excluding hydrogens is 639 g/mol. The lowest BCUT2D eigenvalue weighted by Crippen LogP contribution is -2.47. The van der Waals surface area contributed by atoms with E-state index in [1.54, 1.807) is 30.5 Å². The number of carbonyl (C=O) groups excluding carboxylic acids is 2. The Kier molecular flexibility index (Phi) is 7.87. The number of fused-ring (bicyclic) bond motifs is 2. The van der Waals surface area contributed by atoms with Crippen LogP contribution in [0, 0.1) is 3.57 Å². The van der Waals surface area contributed by atoms with Gasteiger partial charge in [0.2, 0.25) is 5.91 Å². The van der Waals surface area contributed by atoms with E-state index in [9.17, 15) is 14.7 Å². The first-order chi connectivity index (χ1) is 20.4. The molecule has 0 saturated heterocycles. The van der Waals surface area contributed by atoms with Crippen LogP contribution in [0.3, 0.4) is 0 Å². The van der Waals surface area contributed by atoms with Gasteiger partial charge in [-0.1, -0.05) is 48.5 Å². The summed E-state index contributed by atoms with van der Waals surface area (Å²) in [6, 6.07) is 29.4. The first-order valence-electron chi connectivity index (χ1n) is 13.5. The van der Waals surface area contributed by atoms with Crippen molar-refractivity contribution in [3.8, 4) is 16.9 Å². The van der Waals surface area contributed by atoms with Crippen molar-refractivity contribution >= 4 is 56.2 Å². The van der Waals surface area contributed by atoms with Crippen LogP contribution in [0.5, 0.6) is 5.75 Å². The lowest BCUT2D eigenvalue weighted by molar-refractivity contribution is -0.123. The number of para-hydroxylation sites is 1. The Hall–Kier alpha value is -4.70. The molecule has 0 aliphatic carbocycles. The molecule has 0 spiro atoms. The first-order valence-corrected chi connectivity index (χ1v) is 14.6. The topological polar surface area (TPSA) is 107 Å². The molecule has 0 bridgehead atoms. The number of nitrogens with zero attached hydrogens (tertiary/aromatic N) is 1. The van der Waals surface area contributed by atoms with E-state index in [0.29, 0.717) is 24.0 Å². The number of aromatic nitrogens is 2. The molecular formula is C34H27IN4O3. The van der Waals surface area contributed by atoms with Gasteiger partial charge in [-0.15, -0.1) is 0 Å². The summed E-state index contributed by atoms with van der Waals surface area (Å²) >= 11 is 2.24. The molecule has 6 rings (SSSR count). The third kappa shape index (κ3) is 5.99. The van der Waals surface area contributed by atoms with E-state index in [1.807, 2.05) is 79.0 Å². The number of phenols is 1. The Labute approximate surface area is 256 Å². The Morgan fingerprint density at radius 2 is 1.76 bits per heavy atom. The Morgan fingerprint density at radius 3 is 2.64 bits per heavy atom. The number of aromatic hydroxyl groups is 1. The molecule has 4 N–H and O–H groups in total. The summed E-state index contributed by atoms with van der Waals surface area (Å²) in [6.45, 7) is 0.353. The molecule has 4 aromatic carbocycles. The number of aromatic amines is 1. The van der Waals surface area contributed by atoms with Gasteiger partial charge in [0.25, 0.3) is 5.91 Å². The normalized spacial score (nSPS) is 11.8. The first kappa shape index (κ1) is 27.5. The van der Waals surface area contributed by atoms with E-state index in [1.165, 1.54) is 0 Å². The van der Waals surface area contributed by atoms with Gasteiger partial charge in [-0.05, 0) is 93.4 Å². The molecule has 42 heavy (non-hydrogen) atoms. The van der Waals surface area contributed by atoms with Gasteiger partial charge in [0, 0.05) is 50.8 Å². The summed E-state index contributed by atoms with van der Waals surface area (Å²) in [4.78, 5) is 34.6. The molecule has 0 fully saturated rings. The van der Waals surface area contributed by atoms with Crippen molar-refractivity contribution in [3.63, 3.8) is 0 Å². The van der Waals surface area contributed by atoms with Crippen LogP contribution >= 0.6 is 22.6 Å². The maximum atomic E-state index is 13.6. The van der Waals surface area contributed by atoms with E-state index in [4.69, 9.17) is 0 Å². The lowest BCUT2D eigenvalue weighted by atomic mass is 9.99. The van der Waals surface area contributed by atoms with Gasteiger partial charge in [-0.3, -0.25) is 14.6 Å². The SMILES string of the molecule is O=C(NC(Cc1c[nH]c2ccccc12)C(=O)NCc1cccc(I)c1)c1cccc(-c2cc(O)c3ncccc3c2)c1. The molecule has 1 unspecified atom stereocenters. The fourth-order valence-electron chi connectivity index (χ4n) is 5.11. The molecule has 1 atom stereocenters. The molecule has 2 amide bonds. The highest BCUT2D eigenvalue weighted by atomic mass is 127. The van der Waals surface area contributed by atoms with Crippen LogP contribution in [0.2, 0.25) is 0 Å². The van der Waals surface area contributed by atoms with Crippen molar-refractivity contribution in [2.24, 2.45) is 0 Å². The van der Waals surface area contributed by atoms with Crippen LogP contribution in [0.25, 0.3) is 32.9 Å². The molecule has 0 aliphatic rings. The number of amides is 2. The van der Waals surface area contributed by atoms with E-state index >= 15 is 0 Å². The highest BCUT2D eigenvalue weighted by molar-refractivity contribution is 14.1. The number of benzene rings is 4. The molecule has 2 aromatic heterocycles. The highest BCUT2D eigenvalue weighted by Crippen LogP contribution is 2.31. The minimum Gasteiger partial charge on any atom is -0.506 e. The van der Waals surface area contributed by atoms with Gasteiger partial charge >= 0.3 is 0 Å². The van der Waals surface area contributed by atoms with E-state index in [-0.39, 0.29) is 17.6 Å². The molecule has 2 heterocycles. The molecule has 0 aliphatic heterocycles. The van der Waals surface area contributed by atoms with E-state index < -0.39 is 6.04 Å². The summed E-state index contributed by atoms with van der Waals surface area (Å²) in [7, 11) is 0. The summed E-state index contributed by atoms with van der Waals surface area (Å²) < 4.78 is 1.08. The molecule has 6 aromatic rings. The third-order valence-electron chi connectivity index (χ3n) is 7.22. The zero-order valence-corrected chi connectivity index (χ0v) is 24.6. The quantitative estimate of drug-likeness (QED) is 0.142. The third-order valence-corrected chi connectivity index (χ3v) is 7.89. The smallest absolute Gasteiger partial charge is 0.251 e. The van der Waals surface area contributed by atoms with Crippen molar-refractivity contribution in [2.45, 2.75) is 19.0 Å². The summed E-state index contributed by atoms with van der Waals surface area (Å²) in [5.74, 6) is -0.560. The van der Waals surface area contributed by atoms with Crippen LogP contribution in [0.15, 0.2) is 109 Å². The second kappa shape index (κ2) is 12.0. The van der Waals surface area contributed by atoms with E-state index in [0.717, 1.165) is 42.1 Å². The molecule has 208 valence electrons. The van der Waals surface area contributed by atoms with Gasteiger partial charge in [-0.25, -0.2) is 0 Å². The average Bonchev–Trinajstić information content (AvgIpc) is 3.42. The summed E-state index contributed by atoms with van der Waals surface area (Å²) in [5.41, 5.74) is 5.34. The number of nitrogens with one attached hydrogen (secondary N) is 3. The van der Waals surface area contributed by atoms with Crippen molar-refractivity contribution < 1.29 is 14.7 Å². The fraction of sp³-hybridized carbons (Fsp3) is 0.0882. The molecule has 0 saturated carbocycles. The number of rotatable bonds is 8. The maximum Gasteiger partial charge on any atom is 0.251 e. The predicted octanol–water partition coefficient (Wildman–Crippen LogP) is 6.35. The lowest BCUT2D eigenvalue weighted by Gasteiger charge is -2.19. The monoisotopic (exact) mass is 666 g/mol. The van der Waals surface area contributed by atoms with E-state index in [2.05, 4.69) is 43.2 Å². The number of H-pyrrole nitrogens is 1. The van der Waals surface area contributed by atoms with Crippen LogP contribution in [0.1, 0.15) is 21.5 Å². The van der Waals surface area contributed by atoms with Crippen molar-refractivity contribution in [1.29, 1.82) is 0 Å². The van der Waals surface area contributed by atoms with Gasteiger partial charge in [0.15, 0.2) is 0 Å². The van der Waals surface area contributed by atoms with Gasteiger partial charge in [0.1, 0.15) is 17.3 Å². The van der Waals surface area contributed by atoms with Crippen LogP contribution < -0.4 is 10.6 Å². The second-order valence-electron chi connectivity index (χ2n) is 10.1. The predicted molar refractivity (Wildman–Crippen MR) is 173 cm³/mol. The molecule has 0 radical (unpaired) electrons. The summed E-state index contributed by atoms with van der Waals surface area (Å²) in [6.07, 6.45) is 3.84. The average molecular weight is 667 g/mol. The minimum absolute atomic E-state index is 0.0709. The number of hydrogen-bond acceptors (Lipinski definition) is 4. The number of pyridine rings is 1. The molecule has 8 heteroatoms. The Balaban J connectivity index is 1.26. The van der Waals surface area contributed by atoms with Crippen molar-refractivity contribution in [2.75, 3.05) is 0 Å². The fourth-order valence-corrected chi connectivity index (χ4v) is 5.72. The maximum absolute atomic E-state index is 13.6. The number of phenolic OH excluding ortho intramolecular Hbond substituents is 1. The molecule has 7 nitrogen and oxygen atoms in total. The largest absolute Gasteiger partial charge is 0.506 e. The van der Waals surface area contributed by atoms with Crippen LogP contribution in [-0.2, 0) is 17.8 Å². The highest BCUT2D eigenvalue weighted by Gasteiger charge is 2.23. The number of hydrogen-bond donors (Lipinski definition) is 4. The van der Waals surface area contributed by atoms with Crippen LogP contribution in [-0.4, -0.2) is 32.9 Å². The standard InChI is InChI=1S/C34H27IN4O3/c35-27-10-3-6-21(14-27)19-38-34(42)30(17-26-20-37-29-12-2-1-11-28(26)29)39-33(41)24-8-4-7-22(15-24)25-16-23-9-5-13-36-32(23)31(40)18-25/h1-16,18,20,30,37,40H,17,19H2,(H,38,42)(H,39,41). The van der Waals surface area contributed by atoms with Crippen LogP contribution in [0.4, 0.5) is 0 Å². The number of halogens is 1. The minimum atomic E-state index is -0.807. The Morgan fingerprint density at radius 1 is 0.905 bits per heavy atom. The number of carbonyl (C=O) groups is 2. The van der Waals surface area contributed by atoms with Gasteiger partial charge in [0.05, 0.1) is 0 Å².